The van der Waals surface area contributed by atoms with Crippen LogP contribution in [0.2, 0.25) is 0 Å². The largest absolute Gasteiger partial charge is 0.465 e. The van der Waals surface area contributed by atoms with Gasteiger partial charge in [-0.25, -0.2) is 4.79 Å². The number of urea groups is 1. The van der Waals surface area contributed by atoms with Gasteiger partial charge in [0, 0.05) is 7.05 Å². The Morgan fingerprint density at radius 3 is 2.43 bits per heavy atom. The highest BCUT2D eigenvalue weighted by atomic mass is 16.5. The lowest BCUT2D eigenvalue weighted by molar-refractivity contribution is -0.145. The summed E-state index contributed by atoms with van der Waals surface area (Å²) in [5.74, 6) is -0.890. The van der Waals surface area contributed by atoms with Crippen LogP contribution in [0, 0.1) is 0 Å². The number of nitrogens with zero attached hydrogens (tertiary/aromatic N) is 2. The van der Waals surface area contributed by atoms with Crippen LogP contribution in [0.1, 0.15) is 19.4 Å². The van der Waals surface area contributed by atoms with Crippen LogP contribution >= 0.6 is 0 Å². The molecule has 1 aromatic carbocycles. The van der Waals surface area contributed by atoms with E-state index in [1.54, 1.807) is 38.1 Å². The third-order valence-corrected chi connectivity index (χ3v) is 3.71. The molecular weight excluding hydrogens is 272 g/mol. The van der Waals surface area contributed by atoms with Gasteiger partial charge in [-0.15, -0.1) is 0 Å². The van der Waals surface area contributed by atoms with Crippen LogP contribution in [-0.2, 0) is 19.9 Å². The molecule has 0 aliphatic carbocycles. The van der Waals surface area contributed by atoms with Crippen LogP contribution in [-0.4, -0.2) is 47.9 Å². The maximum absolute atomic E-state index is 12.5. The van der Waals surface area contributed by atoms with Crippen LogP contribution in [0.15, 0.2) is 30.3 Å². The molecule has 112 valence electrons. The monoisotopic (exact) mass is 290 g/mol. The summed E-state index contributed by atoms with van der Waals surface area (Å²) in [6, 6.07) is 8.44. The number of esters is 1. The second kappa shape index (κ2) is 5.55. The summed E-state index contributed by atoms with van der Waals surface area (Å²) in [5, 5.41) is 0. The highest BCUT2D eigenvalue weighted by Crippen LogP contribution is 2.36. The topological polar surface area (TPSA) is 66.9 Å². The van der Waals surface area contributed by atoms with Crippen molar-refractivity contribution < 1.29 is 19.1 Å². The van der Waals surface area contributed by atoms with Crippen molar-refractivity contribution in [2.75, 3.05) is 20.2 Å². The summed E-state index contributed by atoms with van der Waals surface area (Å²) in [5.41, 5.74) is -0.531. The zero-order chi connectivity index (χ0) is 15.6. The minimum absolute atomic E-state index is 0.229. The molecule has 1 aliphatic rings. The van der Waals surface area contributed by atoms with E-state index in [9.17, 15) is 14.4 Å². The van der Waals surface area contributed by atoms with Crippen molar-refractivity contribution in [2.45, 2.75) is 19.4 Å². The number of likely N-dealkylation sites (N-methyl/N-ethyl adjacent to an activating group) is 1. The molecule has 1 aromatic rings. The average Bonchev–Trinajstić information content (AvgIpc) is 2.65. The minimum Gasteiger partial charge on any atom is -0.465 e. The molecule has 21 heavy (non-hydrogen) atoms. The van der Waals surface area contributed by atoms with Crippen molar-refractivity contribution in [1.82, 2.24) is 9.80 Å². The van der Waals surface area contributed by atoms with Gasteiger partial charge < -0.3 is 4.74 Å². The van der Waals surface area contributed by atoms with Gasteiger partial charge in [0.05, 0.1) is 6.61 Å². The summed E-state index contributed by atoms with van der Waals surface area (Å²) in [7, 11) is 1.41. The number of benzene rings is 1. The Labute approximate surface area is 123 Å². The molecule has 1 atom stereocenters. The summed E-state index contributed by atoms with van der Waals surface area (Å²) >= 11 is 0. The number of rotatable bonds is 4. The van der Waals surface area contributed by atoms with Crippen LogP contribution in [0.25, 0.3) is 0 Å². The Morgan fingerprint density at radius 2 is 1.86 bits per heavy atom. The number of imide groups is 1. The molecule has 0 aromatic heterocycles. The zero-order valence-corrected chi connectivity index (χ0v) is 12.3. The third-order valence-electron chi connectivity index (χ3n) is 3.71. The van der Waals surface area contributed by atoms with E-state index in [0.717, 1.165) is 4.90 Å². The molecule has 1 heterocycles. The Morgan fingerprint density at radius 1 is 1.24 bits per heavy atom. The number of amides is 3. The van der Waals surface area contributed by atoms with E-state index in [1.807, 2.05) is 6.07 Å². The zero-order valence-electron chi connectivity index (χ0n) is 12.3. The number of hydrogen-bond acceptors (Lipinski definition) is 4. The highest BCUT2D eigenvalue weighted by molar-refractivity contribution is 6.07. The van der Waals surface area contributed by atoms with Crippen LogP contribution in [0.5, 0.6) is 0 Å². The molecule has 1 saturated heterocycles. The first-order valence-electron chi connectivity index (χ1n) is 6.73. The number of hydrogen-bond donors (Lipinski definition) is 0. The van der Waals surface area contributed by atoms with Gasteiger partial charge in [0.2, 0.25) is 0 Å². The molecule has 0 unspecified atom stereocenters. The van der Waals surface area contributed by atoms with Crippen LogP contribution in [0.4, 0.5) is 4.79 Å². The first kappa shape index (κ1) is 15.0. The maximum atomic E-state index is 12.5. The fraction of sp³-hybridized carbons (Fsp3) is 0.400. The minimum atomic E-state index is -1.19. The van der Waals surface area contributed by atoms with E-state index in [1.165, 1.54) is 11.9 Å². The first-order valence-corrected chi connectivity index (χ1v) is 6.73. The molecule has 6 nitrogen and oxygen atoms in total. The lowest BCUT2D eigenvalue weighted by atomic mass is 9.90. The van der Waals surface area contributed by atoms with Crippen LogP contribution < -0.4 is 0 Å². The van der Waals surface area contributed by atoms with Gasteiger partial charge in [0.1, 0.15) is 12.1 Å². The number of ether oxygens (including phenoxy) is 1. The predicted molar refractivity (Wildman–Crippen MR) is 75.3 cm³/mol. The van der Waals surface area contributed by atoms with Gasteiger partial charge in [-0.1, -0.05) is 30.3 Å². The molecule has 2 rings (SSSR count). The number of carbonyl (C=O) groups excluding carboxylic acids is 3. The van der Waals surface area contributed by atoms with E-state index in [4.69, 9.17) is 4.74 Å². The smallest absolute Gasteiger partial charge is 0.328 e. The Kier molecular flexibility index (Phi) is 3.97. The molecule has 1 aliphatic heterocycles. The Bertz CT molecular complexity index is 572. The van der Waals surface area contributed by atoms with E-state index in [-0.39, 0.29) is 19.1 Å². The van der Waals surface area contributed by atoms with Crippen molar-refractivity contribution in [2.24, 2.45) is 0 Å². The summed E-state index contributed by atoms with van der Waals surface area (Å²) in [6.45, 7) is 3.31. The van der Waals surface area contributed by atoms with Crippen molar-refractivity contribution in [3.8, 4) is 0 Å². The molecule has 3 amide bonds. The summed E-state index contributed by atoms with van der Waals surface area (Å²) in [6.07, 6.45) is 0. The van der Waals surface area contributed by atoms with Gasteiger partial charge in [0.25, 0.3) is 5.91 Å². The Hall–Kier alpha value is -2.37. The van der Waals surface area contributed by atoms with E-state index in [2.05, 4.69) is 0 Å². The van der Waals surface area contributed by atoms with Gasteiger partial charge >= 0.3 is 12.0 Å². The van der Waals surface area contributed by atoms with Crippen molar-refractivity contribution >= 4 is 17.9 Å². The van der Waals surface area contributed by atoms with Crippen LogP contribution in [0.3, 0.4) is 0 Å². The van der Waals surface area contributed by atoms with E-state index < -0.39 is 17.5 Å². The van der Waals surface area contributed by atoms with Crippen molar-refractivity contribution in [1.29, 1.82) is 0 Å². The Balaban J connectivity index is 2.42. The molecule has 0 N–H and O–H groups in total. The number of carbonyl (C=O) groups is 3. The molecule has 0 radical (unpaired) electrons. The second-order valence-electron chi connectivity index (χ2n) is 4.98. The molecule has 0 bridgehead atoms. The fourth-order valence-corrected chi connectivity index (χ4v) is 2.50. The third kappa shape index (κ3) is 2.37. The standard InChI is InChI=1S/C15H18N2O4/c1-4-21-12(18)10-17-14(20)16(3)13(19)15(17,2)11-8-6-5-7-9-11/h5-9H,4,10H2,1-3H3/t15-/m0/s1. The lowest BCUT2D eigenvalue weighted by Gasteiger charge is -2.31. The molecular formula is C15H18N2O4. The molecule has 1 fully saturated rings. The molecule has 6 heteroatoms. The van der Waals surface area contributed by atoms with Crippen molar-refractivity contribution in [3.05, 3.63) is 35.9 Å². The van der Waals surface area contributed by atoms with E-state index in [0.29, 0.717) is 5.56 Å². The second-order valence-corrected chi connectivity index (χ2v) is 4.98. The molecule has 0 spiro atoms. The highest BCUT2D eigenvalue weighted by Gasteiger charge is 2.54. The van der Waals surface area contributed by atoms with E-state index >= 15 is 0 Å². The normalized spacial score (nSPS) is 21.9. The SMILES string of the molecule is CCOC(=O)CN1C(=O)N(C)C(=O)[C@]1(C)c1ccccc1. The molecule has 0 saturated carbocycles. The quantitative estimate of drug-likeness (QED) is 0.620. The van der Waals surface area contributed by atoms with Gasteiger partial charge in [-0.2, -0.15) is 0 Å². The van der Waals surface area contributed by atoms with Crippen molar-refractivity contribution in [3.63, 3.8) is 0 Å². The fourth-order valence-electron chi connectivity index (χ4n) is 2.50. The first-order chi connectivity index (χ1) is 9.92. The van der Waals surface area contributed by atoms with Gasteiger partial charge in [-0.3, -0.25) is 19.4 Å². The lowest BCUT2D eigenvalue weighted by Crippen LogP contribution is -2.47. The predicted octanol–water partition coefficient (Wildman–Crippen LogP) is 1.36. The maximum Gasteiger partial charge on any atom is 0.328 e. The average molecular weight is 290 g/mol. The summed E-state index contributed by atoms with van der Waals surface area (Å²) < 4.78 is 4.89. The summed E-state index contributed by atoms with van der Waals surface area (Å²) in [4.78, 5) is 38.8. The van der Waals surface area contributed by atoms with Gasteiger partial charge in [0.15, 0.2) is 0 Å². The van der Waals surface area contributed by atoms with Gasteiger partial charge in [-0.05, 0) is 19.4 Å².